The van der Waals surface area contributed by atoms with Crippen LogP contribution in [0.1, 0.15) is 32.6 Å². The zero-order valence-corrected chi connectivity index (χ0v) is 12.2. The van der Waals surface area contributed by atoms with Gasteiger partial charge in [0, 0.05) is 12.1 Å². The summed E-state index contributed by atoms with van der Waals surface area (Å²) in [5.41, 5.74) is 0.230. The number of aliphatic hydroxyl groups excluding tert-OH is 1. The lowest BCUT2D eigenvalue weighted by Gasteiger charge is -2.40. The standard InChI is InChI=1S/C14H19ClN2O3/c1-10-3-2-6-14(8-10,9-18)16-13-5-4-11(17(19)20)7-12(13)15/h4-5,7,10,16,18H,2-3,6,8-9H2,1H3. The number of hydrogen-bond donors (Lipinski definition) is 2. The van der Waals surface area contributed by atoms with E-state index >= 15 is 0 Å². The van der Waals surface area contributed by atoms with Crippen molar-refractivity contribution >= 4 is 23.0 Å². The molecule has 5 nitrogen and oxygen atoms in total. The summed E-state index contributed by atoms with van der Waals surface area (Å²) in [6.07, 6.45) is 3.97. The van der Waals surface area contributed by atoms with Gasteiger partial charge in [-0.25, -0.2) is 0 Å². The van der Waals surface area contributed by atoms with Crippen LogP contribution in [-0.2, 0) is 0 Å². The van der Waals surface area contributed by atoms with Gasteiger partial charge in [0.2, 0.25) is 0 Å². The maximum absolute atomic E-state index is 10.7. The van der Waals surface area contributed by atoms with Crippen LogP contribution in [0, 0.1) is 16.0 Å². The Kier molecular flexibility index (Phi) is 4.50. The zero-order chi connectivity index (χ0) is 14.8. The van der Waals surface area contributed by atoms with Gasteiger partial charge in [0.05, 0.1) is 27.8 Å². The first-order valence-corrected chi connectivity index (χ1v) is 7.16. The van der Waals surface area contributed by atoms with Crippen LogP contribution in [0.3, 0.4) is 0 Å². The first-order chi connectivity index (χ1) is 9.46. The molecule has 1 aromatic carbocycles. The molecule has 0 spiro atoms. The lowest BCUT2D eigenvalue weighted by atomic mass is 9.76. The molecule has 6 heteroatoms. The van der Waals surface area contributed by atoms with Crippen LogP contribution in [0.2, 0.25) is 5.02 Å². The molecule has 0 amide bonds. The maximum Gasteiger partial charge on any atom is 0.271 e. The van der Waals surface area contributed by atoms with Crippen molar-refractivity contribution in [3.05, 3.63) is 33.3 Å². The normalized spacial score (nSPS) is 26.2. The Morgan fingerprint density at radius 3 is 2.90 bits per heavy atom. The van der Waals surface area contributed by atoms with Crippen LogP contribution in [0.5, 0.6) is 0 Å². The van der Waals surface area contributed by atoms with Gasteiger partial charge in [0.1, 0.15) is 0 Å². The van der Waals surface area contributed by atoms with Crippen LogP contribution in [0.4, 0.5) is 11.4 Å². The summed E-state index contributed by atoms with van der Waals surface area (Å²) >= 11 is 6.10. The van der Waals surface area contributed by atoms with E-state index in [1.54, 1.807) is 6.07 Å². The highest BCUT2D eigenvalue weighted by atomic mass is 35.5. The van der Waals surface area contributed by atoms with Gasteiger partial charge in [-0.2, -0.15) is 0 Å². The van der Waals surface area contributed by atoms with Crippen LogP contribution in [-0.4, -0.2) is 22.2 Å². The minimum absolute atomic E-state index is 0.0318. The third-order valence-electron chi connectivity index (χ3n) is 3.96. The number of rotatable bonds is 4. The molecule has 0 heterocycles. The molecule has 2 rings (SSSR count). The topological polar surface area (TPSA) is 75.4 Å². The molecule has 0 aliphatic heterocycles. The van der Waals surface area contributed by atoms with Crippen LogP contribution in [0.25, 0.3) is 0 Å². The van der Waals surface area contributed by atoms with Gasteiger partial charge in [-0.15, -0.1) is 0 Å². The van der Waals surface area contributed by atoms with E-state index in [-0.39, 0.29) is 17.8 Å². The van der Waals surface area contributed by atoms with Crippen molar-refractivity contribution in [3.8, 4) is 0 Å². The Labute approximate surface area is 123 Å². The molecule has 0 aromatic heterocycles. The fraction of sp³-hybridized carbons (Fsp3) is 0.571. The van der Waals surface area contributed by atoms with Crippen molar-refractivity contribution in [2.24, 2.45) is 5.92 Å². The maximum atomic E-state index is 10.7. The van der Waals surface area contributed by atoms with Crippen LogP contribution >= 0.6 is 11.6 Å². The number of nitro benzene ring substituents is 1. The summed E-state index contributed by atoms with van der Waals surface area (Å²) in [5.74, 6) is 0.542. The fourth-order valence-corrected chi connectivity index (χ4v) is 3.18. The summed E-state index contributed by atoms with van der Waals surface area (Å²) in [4.78, 5) is 10.2. The molecule has 2 atom stereocenters. The number of nitrogens with zero attached hydrogens (tertiary/aromatic N) is 1. The zero-order valence-electron chi connectivity index (χ0n) is 11.4. The summed E-state index contributed by atoms with van der Waals surface area (Å²) in [6.45, 7) is 2.20. The highest BCUT2D eigenvalue weighted by Crippen LogP contribution is 2.37. The minimum atomic E-state index is -0.472. The van der Waals surface area contributed by atoms with Crippen molar-refractivity contribution < 1.29 is 10.0 Å². The van der Waals surface area contributed by atoms with Crippen molar-refractivity contribution in [2.45, 2.75) is 38.1 Å². The average Bonchev–Trinajstić information content (AvgIpc) is 2.41. The largest absolute Gasteiger partial charge is 0.394 e. The second kappa shape index (κ2) is 5.97. The lowest BCUT2D eigenvalue weighted by Crippen LogP contribution is -2.45. The Hall–Kier alpha value is -1.33. The van der Waals surface area contributed by atoms with Gasteiger partial charge in [-0.1, -0.05) is 31.4 Å². The van der Waals surface area contributed by atoms with E-state index < -0.39 is 4.92 Å². The quantitative estimate of drug-likeness (QED) is 0.658. The Morgan fingerprint density at radius 1 is 1.60 bits per heavy atom. The minimum Gasteiger partial charge on any atom is -0.394 e. The first-order valence-electron chi connectivity index (χ1n) is 6.79. The summed E-state index contributed by atoms with van der Waals surface area (Å²) in [7, 11) is 0. The van der Waals surface area contributed by atoms with Gasteiger partial charge >= 0.3 is 0 Å². The Morgan fingerprint density at radius 2 is 2.35 bits per heavy atom. The predicted molar refractivity (Wildman–Crippen MR) is 79.2 cm³/mol. The summed E-state index contributed by atoms with van der Waals surface area (Å²) < 4.78 is 0. The molecule has 1 aliphatic rings. The third-order valence-corrected chi connectivity index (χ3v) is 4.27. The van der Waals surface area contributed by atoms with E-state index in [1.165, 1.54) is 12.1 Å². The van der Waals surface area contributed by atoms with E-state index in [0.717, 1.165) is 25.7 Å². The van der Waals surface area contributed by atoms with Gasteiger partial charge < -0.3 is 10.4 Å². The molecule has 110 valence electrons. The summed E-state index contributed by atoms with van der Waals surface area (Å²) in [6, 6.07) is 4.36. The lowest BCUT2D eigenvalue weighted by molar-refractivity contribution is -0.384. The average molecular weight is 299 g/mol. The highest BCUT2D eigenvalue weighted by molar-refractivity contribution is 6.33. The van der Waals surface area contributed by atoms with Crippen molar-refractivity contribution in [3.63, 3.8) is 0 Å². The van der Waals surface area contributed by atoms with Gasteiger partial charge in [-0.05, 0) is 24.8 Å². The van der Waals surface area contributed by atoms with Gasteiger partial charge in [-0.3, -0.25) is 10.1 Å². The number of non-ortho nitro benzene ring substituents is 1. The molecule has 0 saturated heterocycles. The second-order valence-electron chi connectivity index (χ2n) is 5.69. The SMILES string of the molecule is CC1CCCC(CO)(Nc2ccc([N+](=O)[O-])cc2Cl)C1. The number of nitro groups is 1. The van der Waals surface area contributed by atoms with Crippen molar-refractivity contribution in [2.75, 3.05) is 11.9 Å². The molecule has 2 unspecified atom stereocenters. The number of nitrogens with one attached hydrogen (secondary N) is 1. The smallest absolute Gasteiger partial charge is 0.271 e. The third kappa shape index (κ3) is 3.22. The van der Waals surface area contributed by atoms with Crippen LogP contribution < -0.4 is 5.32 Å². The van der Waals surface area contributed by atoms with E-state index in [1.807, 2.05) is 0 Å². The number of aliphatic hydroxyl groups is 1. The highest BCUT2D eigenvalue weighted by Gasteiger charge is 2.34. The number of anilines is 1. The second-order valence-corrected chi connectivity index (χ2v) is 6.09. The number of hydrogen-bond acceptors (Lipinski definition) is 4. The molecule has 1 aliphatic carbocycles. The predicted octanol–water partition coefficient (Wildman–Crippen LogP) is 3.60. The monoisotopic (exact) mass is 298 g/mol. The van der Waals surface area contributed by atoms with E-state index in [2.05, 4.69) is 12.2 Å². The van der Waals surface area contributed by atoms with Crippen molar-refractivity contribution in [1.82, 2.24) is 0 Å². The Balaban J connectivity index is 2.21. The molecule has 2 N–H and O–H groups in total. The van der Waals surface area contributed by atoms with Crippen LogP contribution in [0.15, 0.2) is 18.2 Å². The van der Waals surface area contributed by atoms with Gasteiger partial charge in [0.15, 0.2) is 0 Å². The molecule has 0 radical (unpaired) electrons. The molecule has 0 bridgehead atoms. The molecule has 1 aromatic rings. The number of halogens is 1. The Bertz CT molecular complexity index is 509. The number of benzene rings is 1. The van der Waals surface area contributed by atoms with Gasteiger partial charge in [0.25, 0.3) is 5.69 Å². The van der Waals surface area contributed by atoms with Crippen molar-refractivity contribution in [1.29, 1.82) is 0 Å². The molecular weight excluding hydrogens is 280 g/mol. The molecule has 1 fully saturated rings. The van der Waals surface area contributed by atoms with E-state index in [0.29, 0.717) is 16.6 Å². The molecule has 20 heavy (non-hydrogen) atoms. The molecular formula is C14H19ClN2O3. The molecule has 1 saturated carbocycles. The van der Waals surface area contributed by atoms with E-state index in [4.69, 9.17) is 11.6 Å². The fourth-order valence-electron chi connectivity index (χ4n) is 2.96. The summed E-state index contributed by atoms with van der Waals surface area (Å²) in [5, 5.41) is 24.1. The first kappa shape index (κ1) is 15.1. The van der Waals surface area contributed by atoms with E-state index in [9.17, 15) is 15.2 Å².